The lowest BCUT2D eigenvalue weighted by atomic mass is 9.98. The summed E-state index contributed by atoms with van der Waals surface area (Å²) in [4.78, 5) is 24.8. The van der Waals surface area contributed by atoms with Gasteiger partial charge in [0.2, 0.25) is 5.91 Å². The minimum Gasteiger partial charge on any atom is -0.454 e. The Balaban J connectivity index is 1.78. The molecule has 1 fully saturated rings. The first-order chi connectivity index (χ1) is 14.0. The van der Waals surface area contributed by atoms with Gasteiger partial charge in [-0.2, -0.15) is 0 Å². The normalized spacial score (nSPS) is 14.0. The summed E-state index contributed by atoms with van der Waals surface area (Å²) in [6, 6.07) is 14.8. The van der Waals surface area contributed by atoms with E-state index in [1.54, 1.807) is 0 Å². The van der Waals surface area contributed by atoms with Crippen LogP contribution in [0.15, 0.2) is 62.2 Å². The summed E-state index contributed by atoms with van der Waals surface area (Å²) < 4.78 is 11.6. The Labute approximate surface area is 167 Å². The molecule has 1 aliphatic carbocycles. The molecule has 4 aromatic rings. The molecule has 0 aliphatic heterocycles. The van der Waals surface area contributed by atoms with Crippen LogP contribution in [0.1, 0.15) is 38.2 Å². The van der Waals surface area contributed by atoms with Gasteiger partial charge in [0.1, 0.15) is 11.2 Å². The molecule has 0 radical (unpaired) electrons. The number of hydrogen-bond acceptors (Lipinski definition) is 4. The van der Waals surface area contributed by atoms with E-state index < -0.39 is 5.63 Å². The lowest BCUT2D eigenvalue weighted by Crippen LogP contribution is -2.13. The molecule has 146 valence electrons. The van der Waals surface area contributed by atoms with Gasteiger partial charge in [-0.05, 0) is 48.6 Å². The van der Waals surface area contributed by atoms with Gasteiger partial charge in [0.05, 0.1) is 5.69 Å². The molecule has 1 N–H and O–H groups in total. The fourth-order valence-electron chi connectivity index (χ4n) is 3.66. The van der Waals surface area contributed by atoms with Crippen molar-refractivity contribution in [3.63, 3.8) is 0 Å². The summed E-state index contributed by atoms with van der Waals surface area (Å²) in [6.07, 6.45) is 1.82. The van der Waals surface area contributed by atoms with Crippen molar-refractivity contribution >= 4 is 33.5 Å². The van der Waals surface area contributed by atoms with Crippen molar-refractivity contribution in [2.45, 2.75) is 32.6 Å². The first-order valence-electron chi connectivity index (χ1n) is 9.92. The number of hydrogen-bond donors (Lipinski definition) is 1. The Bertz CT molecular complexity index is 1310. The quantitative estimate of drug-likeness (QED) is 0.457. The SMILES string of the molecule is CC(C)c1ccc2oc(=O)cc(-c3oc4ccccc4c3NC(=O)C3CC3)c2c1. The minimum absolute atomic E-state index is 0.00653. The smallest absolute Gasteiger partial charge is 0.336 e. The molecule has 0 spiro atoms. The van der Waals surface area contributed by atoms with Crippen LogP contribution in [-0.2, 0) is 4.79 Å². The molecule has 1 amide bonds. The summed E-state index contributed by atoms with van der Waals surface area (Å²) in [5, 5.41) is 4.66. The van der Waals surface area contributed by atoms with Crippen LogP contribution >= 0.6 is 0 Å². The summed E-state index contributed by atoms with van der Waals surface area (Å²) in [5.41, 5.74) is 3.07. The molecular weight excluding hydrogens is 366 g/mol. The number of amides is 1. The number of carbonyl (C=O) groups excluding carboxylic acids is 1. The summed E-state index contributed by atoms with van der Waals surface area (Å²) in [6.45, 7) is 4.23. The van der Waals surface area contributed by atoms with E-state index in [0.29, 0.717) is 34.1 Å². The predicted molar refractivity (Wildman–Crippen MR) is 113 cm³/mol. The third kappa shape index (κ3) is 3.12. The molecule has 1 aliphatic rings. The molecule has 1 saturated carbocycles. The van der Waals surface area contributed by atoms with Gasteiger partial charge >= 0.3 is 5.63 Å². The van der Waals surface area contributed by atoms with Crippen LogP contribution in [0.25, 0.3) is 33.3 Å². The maximum atomic E-state index is 12.5. The number of para-hydroxylation sites is 1. The van der Waals surface area contributed by atoms with Crippen molar-refractivity contribution in [1.82, 2.24) is 0 Å². The van der Waals surface area contributed by atoms with Gasteiger partial charge < -0.3 is 14.2 Å². The molecule has 5 rings (SSSR count). The van der Waals surface area contributed by atoms with Gasteiger partial charge in [0, 0.05) is 28.3 Å². The van der Waals surface area contributed by atoms with Gasteiger partial charge in [-0.1, -0.05) is 32.0 Å². The zero-order chi connectivity index (χ0) is 20.1. The Hall–Kier alpha value is -3.34. The van der Waals surface area contributed by atoms with Gasteiger partial charge in [-0.3, -0.25) is 4.79 Å². The molecule has 2 aromatic carbocycles. The van der Waals surface area contributed by atoms with Crippen LogP contribution in [-0.4, -0.2) is 5.91 Å². The second kappa shape index (κ2) is 6.62. The molecule has 5 nitrogen and oxygen atoms in total. The topological polar surface area (TPSA) is 72.5 Å². The monoisotopic (exact) mass is 387 g/mol. The molecule has 2 aromatic heterocycles. The van der Waals surface area contributed by atoms with E-state index in [2.05, 4.69) is 19.2 Å². The third-order valence-corrected chi connectivity index (χ3v) is 5.47. The Kier molecular flexibility index (Phi) is 4.05. The number of carbonyl (C=O) groups is 1. The third-order valence-electron chi connectivity index (χ3n) is 5.47. The average molecular weight is 387 g/mol. The molecule has 5 heteroatoms. The van der Waals surface area contributed by atoms with Crippen LogP contribution in [0, 0.1) is 5.92 Å². The highest BCUT2D eigenvalue weighted by Crippen LogP contribution is 2.42. The number of nitrogens with one attached hydrogen (secondary N) is 1. The zero-order valence-electron chi connectivity index (χ0n) is 16.3. The summed E-state index contributed by atoms with van der Waals surface area (Å²) in [7, 11) is 0. The molecule has 2 heterocycles. The van der Waals surface area contributed by atoms with Crippen molar-refractivity contribution in [3.8, 4) is 11.3 Å². The number of benzene rings is 2. The van der Waals surface area contributed by atoms with Crippen LogP contribution in [0.2, 0.25) is 0 Å². The molecule has 0 saturated heterocycles. The zero-order valence-corrected chi connectivity index (χ0v) is 16.3. The average Bonchev–Trinajstić information content (AvgIpc) is 3.50. The van der Waals surface area contributed by atoms with Gasteiger partial charge in [0.15, 0.2) is 5.76 Å². The lowest BCUT2D eigenvalue weighted by Gasteiger charge is -2.10. The van der Waals surface area contributed by atoms with E-state index >= 15 is 0 Å². The highest BCUT2D eigenvalue weighted by molar-refractivity contribution is 6.09. The maximum absolute atomic E-state index is 12.5. The molecule has 29 heavy (non-hydrogen) atoms. The molecular formula is C24H21NO4. The van der Waals surface area contributed by atoms with Gasteiger partial charge in [0.25, 0.3) is 0 Å². The van der Waals surface area contributed by atoms with Crippen molar-refractivity contribution in [1.29, 1.82) is 0 Å². The standard InChI is InChI=1S/C24H21NO4/c1-13(2)15-9-10-20-17(11-15)18(12-21(26)28-20)23-22(25-24(27)14-7-8-14)16-5-3-4-6-19(16)29-23/h3-6,9-14H,7-8H2,1-2H3,(H,25,27). The summed E-state index contributed by atoms with van der Waals surface area (Å²) >= 11 is 0. The maximum Gasteiger partial charge on any atom is 0.336 e. The fraction of sp³-hybridized carbons (Fsp3) is 0.250. The fourth-order valence-corrected chi connectivity index (χ4v) is 3.66. The molecule has 0 bridgehead atoms. The van der Waals surface area contributed by atoms with Crippen molar-refractivity contribution < 1.29 is 13.6 Å². The lowest BCUT2D eigenvalue weighted by molar-refractivity contribution is -0.117. The van der Waals surface area contributed by atoms with Crippen LogP contribution in [0.4, 0.5) is 5.69 Å². The second-order valence-corrected chi connectivity index (χ2v) is 7.96. The predicted octanol–water partition coefficient (Wildman–Crippen LogP) is 5.68. The number of rotatable bonds is 4. The van der Waals surface area contributed by atoms with E-state index in [9.17, 15) is 9.59 Å². The van der Waals surface area contributed by atoms with Crippen LogP contribution in [0.3, 0.4) is 0 Å². The number of furan rings is 1. The Morgan fingerprint density at radius 3 is 2.52 bits per heavy atom. The summed E-state index contributed by atoms with van der Waals surface area (Å²) in [5.74, 6) is 0.859. The number of anilines is 1. The van der Waals surface area contributed by atoms with Crippen molar-refractivity contribution in [3.05, 3.63) is 64.5 Å². The van der Waals surface area contributed by atoms with Crippen molar-refractivity contribution in [2.75, 3.05) is 5.32 Å². The van der Waals surface area contributed by atoms with E-state index in [0.717, 1.165) is 29.2 Å². The van der Waals surface area contributed by atoms with Crippen LogP contribution < -0.4 is 10.9 Å². The molecule has 0 atom stereocenters. The van der Waals surface area contributed by atoms with Crippen molar-refractivity contribution in [2.24, 2.45) is 5.92 Å². The van der Waals surface area contributed by atoms with E-state index in [4.69, 9.17) is 8.83 Å². The van der Waals surface area contributed by atoms with E-state index in [1.165, 1.54) is 6.07 Å². The minimum atomic E-state index is -0.454. The largest absolute Gasteiger partial charge is 0.454 e. The first-order valence-corrected chi connectivity index (χ1v) is 9.92. The highest BCUT2D eigenvalue weighted by atomic mass is 16.4. The molecule has 0 unspecified atom stereocenters. The highest BCUT2D eigenvalue weighted by Gasteiger charge is 2.31. The van der Waals surface area contributed by atoms with E-state index in [-0.39, 0.29) is 11.8 Å². The van der Waals surface area contributed by atoms with Gasteiger partial charge in [-0.25, -0.2) is 4.79 Å². The van der Waals surface area contributed by atoms with Crippen LogP contribution in [0.5, 0.6) is 0 Å². The van der Waals surface area contributed by atoms with Gasteiger partial charge in [-0.15, -0.1) is 0 Å². The number of fused-ring (bicyclic) bond motifs is 2. The Morgan fingerprint density at radius 2 is 1.76 bits per heavy atom. The Morgan fingerprint density at radius 1 is 1.00 bits per heavy atom. The second-order valence-electron chi connectivity index (χ2n) is 7.96. The van der Waals surface area contributed by atoms with E-state index in [1.807, 2.05) is 42.5 Å². The first kappa shape index (κ1) is 17.7.